The molecule has 7 N–H and O–H groups in total. The number of aromatic nitrogens is 8. The third-order valence-corrected chi connectivity index (χ3v) is 12.1. The number of benzene rings is 2. The number of carbonyl (C=O) groups excluding carboxylic acids is 1. The largest absolute Gasteiger partial charge is 0.508 e. The van der Waals surface area contributed by atoms with Gasteiger partial charge in [0.2, 0.25) is 0 Å². The van der Waals surface area contributed by atoms with Crippen LogP contribution in [0.4, 0.5) is 33.3 Å². The number of thioether (sulfide) groups is 2. The quantitative estimate of drug-likeness (QED) is 0.0283. The normalized spacial score (nSPS) is 12.2. The predicted octanol–water partition coefficient (Wildman–Crippen LogP) is 7.87. The third kappa shape index (κ3) is 9.92. The molecule has 21 nitrogen and oxygen atoms in total. The van der Waals surface area contributed by atoms with Crippen molar-refractivity contribution in [3.63, 3.8) is 0 Å². The number of ether oxygens (including phenoxy) is 1. The number of nitrogen functional groups attached to an aromatic ring is 2. The predicted molar refractivity (Wildman–Crippen MR) is 225 cm³/mol. The molecule has 2 aromatic carbocycles. The number of phenols is 1. The molecule has 0 unspecified atom stereocenters. The lowest BCUT2D eigenvalue weighted by Gasteiger charge is -2.15. The molecule has 0 amide bonds. The minimum Gasteiger partial charge on any atom is -0.508 e. The van der Waals surface area contributed by atoms with E-state index in [-0.39, 0.29) is 73.7 Å². The Bertz CT molecular complexity index is 2660. The molecule has 25 heteroatoms. The zero-order valence-electron chi connectivity index (χ0n) is 32.6. The van der Waals surface area contributed by atoms with Gasteiger partial charge in [0.1, 0.15) is 11.5 Å². The molecule has 4 aromatic heterocycles. The number of aromatic carboxylic acids is 2. The lowest BCUT2D eigenvalue weighted by molar-refractivity contribution is -0.120. The van der Waals surface area contributed by atoms with Crippen molar-refractivity contribution < 1.29 is 34.4 Å². The maximum atomic E-state index is 11.7. The third-order valence-electron chi connectivity index (χ3n) is 7.97. The van der Waals surface area contributed by atoms with Gasteiger partial charge in [-0.1, -0.05) is 87.7 Å². The van der Waals surface area contributed by atoms with Crippen molar-refractivity contribution in [3.8, 4) is 22.9 Å². The van der Waals surface area contributed by atoms with Crippen molar-refractivity contribution in [1.82, 2.24) is 40.0 Å². The summed E-state index contributed by atoms with van der Waals surface area (Å²) < 4.78 is 8.85. The van der Waals surface area contributed by atoms with Gasteiger partial charge >= 0.3 is 11.9 Å². The number of aromatic hydroxyl groups is 1. The van der Waals surface area contributed by atoms with Gasteiger partial charge in [-0.05, 0) is 24.3 Å². The van der Waals surface area contributed by atoms with Crippen LogP contribution in [0.15, 0.2) is 65.5 Å². The highest BCUT2D eigenvalue weighted by Gasteiger charge is 2.29. The number of carboxylic acids is 2. The highest BCUT2D eigenvalue weighted by molar-refractivity contribution is 8.04. The SMILES string of the molecule is CC(C)(C)c1nn(-c2cc(O)cc(C(=O)O)c2)c(N)c1N=Nc1nnc(SCCSc2nnc(N=Nc3c(C(C)(C)C)nn(-c4cc(OC=O)cc(C(=O)O)c4)c3N)s2)s1. The molecule has 0 aliphatic rings. The molecule has 0 spiro atoms. The molecule has 6 aromatic rings. The monoisotopic (exact) mass is 892 g/mol. The fourth-order valence-electron chi connectivity index (χ4n) is 5.29. The highest BCUT2D eigenvalue weighted by Crippen LogP contribution is 2.41. The summed E-state index contributed by atoms with van der Waals surface area (Å²) >= 11 is 5.40. The van der Waals surface area contributed by atoms with Crippen molar-refractivity contribution in [1.29, 1.82) is 0 Å². The van der Waals surface area contributed by atoms with Crippen molar-refractivity contribution in [2.75, 3.05) is 23.0 Å². The maximum Gasteiger partial charge on any atom is 0.335 e. The first-order chi connectivity index (χ1) is 28.3. The first kappa shape index (κ1) is 43.3. The van der Waals surface area contributed by atoms with Gasteiger partial charge in [-0.25, -0.2) is 19.0 Å². The van der Waals surface area contributed by atoms with E-state index in [1.807, 2.05) is 41.5 Å². The number of nitrogens with zero attached hydrogens (tertiary/aromatic N) is 12. The van der Waals surface area contributed by atoms with Gasteiger partial charge in [-0.15, -0.1) is 40.9 Å². The number of anilines is 2. The van der Waals surface area contributed by atoms with E-state index in [4.69, 9.17) is 16.2 Å². The average molecular weight is 893 g/mol. The number of carbonyl (C=O) groups is 3. The second-order valence-corrected chi connectivity index (χ2v) is 19.2. The number of hydrogen-bond donors (Lipinski definition) is 5. The molecule has 0 saturated carbocycles. The summed E-state index contributed by atoms with van der Waals surface area (Å²) in [6, 6.07) is 7.81. The number of nitrogens with two attached hydrogens (primary N) is 2. The molecule has 0 radical (unpaired) electrons. The first-order valence-corrected chi connectivity index (χ1v) is 21.0. The molecule has 60 heavy (non-hydrogen) atoms. The van der Waals surface area contributed by atoms with E-state index in [1.54, 1.807) is 0 Å². The Hall–Kier alpha value is -6.31. The molecule has 0 saturated heterocycles. The number of azo groups is 2. The lowest BCUT2D eigenvalue weighted by atomic mass is 9.91. The van der Waals surface area contributed by atoms with Crippen LogP contribution >= 0.6 is 46.2 Å². The van der Waals surface area contributed by atoms with Crippen LogP contribution in [0.5, 0.6) is 11.5 Å². The van der Waals surface area contributed by atoms with Crippen LogP contribution in [0, 0.1) is 0 Å². The molecule has 0 aliphatic heterocycles. The summed E-state index contributed by atoms with van der Waals surface area (Å²) in [5.41, 5.74) is 13.6. The molecule has 0 fully saturated rings. The second-order valence-electron chi connectivity index (χ2n) is 14.6. The van der Waals surface area contributed by atoms with Crippen molar-refractivity contribution in [2.45, 2.75) is 61.1 Å². The standard InChI is InChI=1S/C35H36N14O7S4/c1-34(2,3)24-22(26(36)48(46-24)18-9-16(28(52)53)11-20(51)13-18)38-40-30-42-44-32(59-30)57-7-8-58-33-45-43-31(60-33)41-39-23-25(35(4,5)6)47-49(27(23)37)19-10-17(29(54)55)12-21(14-19)56-15-50/h9-15,51H,7-8,36-37H2,1-6H3,(H,52,53)(H,54,55). The van der Waals surface area contributed by atoms with Crippen LogP contribution in [0.25, 0.3) is 11.4 Å². The second kappa shape index (κ2) is 17.5. The first-order valence-electron chi connectivity index (χ1n) is 17.4. The van der Waals surface area contributed by atoms with Crippen molar-refractivity contribution >= 4 is 97.9 Å². The molecule has 0 aliphatic carbocycles. The Balaban J connectivity index is 1.10. The highest BCUT2D eigenvalue weighted by atomic mass is 32.2. The Morgan fingerprint density at radius 2 is 1.17 bits per heavy atom. The van der Waals surface area contributed by atoms with Gasteiger partial charge in [0.15, 0.2) is 31.7 Å². The minimum atomic E-state index is -1.23. The van der Waals surface area contributed by atoms with Crippen LogP contribution in [-0.4, -0.2) is 85.2 Å². The maximum absolute atomic E-state index is 11.7. The summed E-state index contributed by atoms with van der Waals surface area (Å²) in [4.78, 5) is 34.3. The van der Waals surface area contributed by atoms with Gasteiger partial charge in [0.05, 0.1) is 33.9 Å². The Labute approximate surface area is 357 Å². The number of rotatable bonds is 15. The average Bonchev–Trinajstić information content (AvgIpc) is 3.97. The molecular weight excluding hydrogens is 857 g/mol. The summed E-state index contributed by atoms with van der Waals surface area (Å²) in [6.07, 6.45) is 0. The smallest absolute Gasteiger partial charge is 0.335 e. The zero-order chi connectivity index (χ0) is 43.5. The van der Waals surface area contributed by atoms with E-state index in [1.165, 1.54) is 85.9 Å². The Kier molecular flexibility index (Phi) is 12.6. The van der Waals surface area contributed by atoms with Gasteiger partial charge < -0.3 is 31.5 Å². The van der Waals surface area contributed by atoms with E-state index in [0.29, 0.717) is 31.6 Å². The number of phenolic OH excluding ortho intramolecular Hbond substituents is 1. The van der Waals surface area contributed by atoms with E-state index in [0.717, 1.165) is 6.07 Å². The van der Waals surface area contributed by atoms with Gasteiger partial charge in [0.25, 0.3) is 16.7 Å². The summed E-state index contributed by atoms with van der Waals surface area (Å²) in [5, 5.41) is 72.9. The molecule has 4 heterocycles. The molecular formula is C35H36N14O7S4. The lowest BCUT2D eigenvalue weighted by Crippen LogP contribution is -2.13. The van der Waals surface area contributed by atoms with Gasteiger partial charge in [0, 0.05) is 34.5 Å². The fourth-order valence-corrected chi connectivity index (χ4v) is 8.72. The van der Waals surface area contributed by atoms with E-state index >= 15 is 0 Å². The molecule has 0 bridgehead atoms. The molecule has 6 rings (SSSR count). The Morgan fingerprint density at radius 3 is 1.60 bits per heavy atom. The topological polar surface area (TPSA) is 310 Å². The molecule has 0 atom stereocenters. The zero-order valence-corrected chi connectivity index (χ0v) is 35.9. The van der Waals surface area contributed by atoms with Crippen LogP contribution in [0.2, 0.25) is 0 Å². The van der Waals surface area contributed by atoms with E-state index < -0.39 is 22.8 Å². The molecule has 312 valence electrons. The van der Waals surface area contributed by atoms with Crippen LogP contribution in [0.3, 0.4) is 0 Å². The van der Waals surface area contributed by atoms with Crippen molar-refractivity contribution in [2.24, 2.45) is 20.5 Å². The van der Waals surface area contributed by atoms with Gasteiger partial charge in [-0.2, -0.15) is 10.2 Å². The van der Waals surface area contributed by atoms with Crippen LogP contribution < -0.4 is 16.2 Å². The van der Waals surface area contributed by atoms with Crippen LogP contribution in [-0.2, 0) is 15.6 Å². The fraction of sp³-hybridized carbons (Fsp3) is 0.286. The van der Waals surface area contributed by atoms with Gasteiger partial charge in [-0.3, -0.25) is 4.79 Å². The summed E-state index contributed by atoms with van der Waals surface area (Å²) in [7, 11) is 0. The summed E-state index contributed by atoms with van der Waals surface area (Å²) in [5.74, 6) is -1.23. The summed E-state index contributed by atoms with van der Waals surface area (Å²) in [6.45, 7) is 11.7. The Morgan fingerprint density at radius 1 is 0.717 bits per heavy atom. The number of hydrogen-bond acceptors (Lipinski definition) is 21. The minimum absolute atomic E-state index is 0.00107. The number of carboxylic acid groups (broad SMARTS) is 2. The van der Waals surface area contributed by atoms with Crippen molar-refractivity contribution in [3.05, 3.63) is 58.9 Å². The van der Waals surface area contributed by atoms with Crippen LogP contribution in [0.1, 0.15) is 73.6 Å². The van der Waals surface area contributed by atoms with E-state index in [2.05, 4.69) is 51.0 Å². The van der Waals surface area contributed by atoms with E-state index in [9.17, 15) is 29.7 Å².